The van der Waals surface area contributed by atoms with E-state index in [1.807, 2.05) is 13.8 Å². The second-order valence-electron chi connectivity index (χ2n) is 2.94. The van der Waals surface area contributed by atoms with Crippen molar-refractivity contribution in [3.8, 4) is 11.4 Å². The van der Waals surface area contributed by atoms with E-state index in [-0.39, 0.29) is 11.5 Å². The fraction of sp³-hybridized carbons (Fsp3) is 0.250. The van der Waals surface area contributed by atoms with Crippen LogP contribution in [0.2, 0.25) is 0 Å². The monoisotopic (exact) mass is 212 g/mol. The molecule has 3 N–H and O–H groups in total. The van der Waals surface area contributed by atoms with Crippen molar-refractivity contribution in [1.29, 1.82) is 0 Å². The zero-order chi connectivity index (χ0) is 10.3. The summed E-state index contributed by atoms with van der Waals surface area (Å²) >= 11 is 1.52. The zero-order valence-electron chi connectivity index (χ0n) is 7.76. The van der Waals surface area contributed by atoms with Crippen molar-refractivity contribution >= 4 is 17.2 Å². The number of thiazole rings is 1. The Morgan fingerprint density at radius 1 is 1.43 bits per heavy atom. The topological polar surface area (TPSA) is 67.6 Å². The molecule has 4 nitrogen and oxygen atoms in total. The van der Waals surface area contributed by atoms with E-state index in [4.69, 9.17) is 5.73 Å². The molecule has 0 aliphatic carbocycles. The first-order valence-corrected chi connectivity index (χ1v) is 4.85. The van der Waals surface area contributed by atoms with Gasteiger partial charge in [-0.3, -0.25) is 5.10 Å². The van der Waals surface area contributed by atoms with Crippen LogP contribution < -0.4 is 5.73 Å². The largest absolute Gasteiger partial charge is 0.380 e. The number of nitrogens with zero attached hydrogens (tertiary/aromatic N) is 2. The second kappa shape index (κ2) is 3.06. The van der Waals surface area contributed by atoms with Crippen LogP contribution in [0.5, 0.6) is 0 Å². The number of H-pyrrole nitrogens is 1. The van der Waals surface area contributed by atoms with Gasteiger partial charge in [0.1, 0.15) is 11.4 Å². The summed E-state index contributed by atoms with van der Waals surface area (Å²) < 4.78 is 13.4. The van der Waals surface area contributed by atoms with E-state index in [9.17, 15) is 4.39 Å². The van der Waals surface area contributed by atoms with Crippen molar-refractivity contribution in [1.82, 2.24) is 15.2 Å². The summed E-state index contributed by atoms with van der Waals surface area (Å²) in [6, 6.07) is 0. The summed E-state index contributed by atoms with van der Waals surface area (Å²) in [5.41, 5.74) is 6.15. The molecule has 0 saturated carbocycles. The lowest BCUT2D eigenvalue weighted by Crippen LogP contribution is -1.88. The predicted octanol–water partition coefficient (Wildman–Crippen LogP) is 1.87. The van der Waals surface area contributed by atoms with Crippen LogP contribution in [0.25, 0.3) is 11.4 Å². The Kier molecular flexibility index (Phi) is 1.99. The summed E-state index contributed by atoms with van der Waals surface area (Å²) in [4.78, 5) is 5.16. The van der Waals surface area contributed by atoms with Gasteiger partial charge in [-0.2, -0.15) is 5.10 Å². The predicted molar refractivity (Wildman–Crippen MR) is 53.5 cm³/mol. The van der Waals surface area contributed by atoms with Gasteiger partial charge in [0.05, 0.1) is 5.01 Å². The fourth-order valence-electron chi connectivity index (χ4n) is 1.26. The summed E-state index contributed by atoms with van der Waals surface area (Å²) in [6.07, 6.45) is 0. The summed E-state index contributed by atoms with van der Waals surface area (Å²) in [5, 5.41) is 7.02. The molecule has 2 rings (SSSR count). The Labute approximate surface area is 84.0 Å². The van der Waals surface area contributed by atoms with E-state index in [1.165, 1.54) is 11.3 Å². The Bertz CT molecular complexity index is 474. The van der Waals surface area contributed by atoms with Gasteiger partial charge in [0.25, 0.3) is 0 Å². The van der Waals surface area contributed by atoms with Crippen LogP contribution in [0.4, 0.5) is 10.2 Å². The number of anilines is 1. The molecule has 0 radical (unpaired) electrons. The number of hydrogen-bond donors (Lipinski definition) is 2. The van der Waals surface area contributed by atoms with Crippen LogP contribution in [0, 0.1) is 19.7 Å². The molecule has 0 spiro atoms. The number of nitrogens with one attached hydrogen (secondary N) is 1. The van der Waals surface area contributed by atoms with Gasteiger partial charge in [0.15, 0.2) is 11.6 Å². The van der Waals surface area contributed by atoms with Crippen LogP contribution in [0.1, 0.15) is 9.88 Å². The highest BCUT2D eigenvalue weighted by Gasteiger charge is 2.16. The molecule has 0 fully saturated rings. The lowest BCUT2D eigenvalue weighted by atomic mass is 10.3. The molecule has 0 saturated heterocycles. The maximum absolute atomic E-state index is 13.4. The van der Waals surface area contributed by atoms with E-state index in [2.05, 4.69) is 15.2 Å². The molecule has 2 heterocycles. The molecule has 6 heteroatoms. The molecule has 0 amide bonds. The number of aromatic nitrogens is 3. The minimum atomic E-state index is -0.529. The maximum atomic E-state index is 13.4. The number of aromatic amines is 1. The fourth-order valence-corrected chi connectivity index (χ4v) is 2.08. The van der Waals surface area contributed by atoms with Gasteiger partial charge in [0.2, 0.25) is 0 Å². The van der Waals surface area contributed by atoms with Crippen LogP contribution in [-0.4, -0.2) is 15.2 Å². The van der Waals surface area contributed by atoms with Gasteiger partial charge < -0.3 is 5.73 Å². The highest BCUT2D eigenvalue weighted by atomic mass is 32.1. The third kappa shape index (κ3) is 1.27. The molecule has 0 bridgehead atoms. The first-order valence-electron chi connectivity index (χ1n) is 4.03. The number of rotatable bonds is 1. The number of halogens is 1. The van der Waals surface area contributed by atoms with Crippen molar-refractivity contribution in [3.63, 3.8) is 0 Å². The standard InChI is InChI=1S/C8H9FN4S/c1-3-6(11-4(2)14-3)7-5(9)8(10)13-12-7/h1-2H3,(H3,10,12,13). The van der Waals surface area contributed by atoms with E-state index in [0.717, 1.165) is 9.88 Å². The minimum Gasteiger partial charge on any atom is -0.380 e. The molecule has 2 aromatic heterocycles. The van der Waals surface area contributed by atoms with Gasteiger partial charge in [0, 0.05) is 4.88 Å². The Morgan fingerprint density at radius 3 is 2.57 bits per heavy atom. The van der Waals surface area contributed by atoms with Gasteiger partial charge in [-0.25, -0.2) is 9.37 Å². The zero-order valence-corrected chi connectivity index (χ0v) is 8.57. The number of hydrogen-bond acceptors (Lipinski definition) is 4. The van der Waals surface area contributed by atoms with Crippen molar-refractivity contribution in [2.24, 2.45) is 0 Å². The number of nitrogen functional groups attached to an aromatic ring is 1. The van der Waals surface area contributed by atoms with Crippen LogP contribution in [0.15, 0.2) is 0 Å². The van der Waals surface area contributed by atoms with Crippen molar-refractivity contribution < 1.29 is 4.39 Å². The van der Waals surface area contributed by atoms with E-state index in [0.29, 0.717) is 5.69 Å². The minimum absolute atomic E-state index is 0.120. The molecule has 0 aromatic carbocycles. The third-order valence-electron chi connectivity index (χ3n) is 1.87. The van der Waals surface area contributed by atoms with Crippen molar-refractivity contribution in [2.45, 2.75) is 13.8 Å². The lowest BCUT2D eigenvalue weighted by Gasteiger charge is -1.92. The average Bonchev–Trinajstić information content (AvgIpc) is 2.59. The summed E-state index contributed by atoms with van der Waals surface area (Å²) in [6.45, 7) is 3.76. The molecule has 0 aliphatic rings. The lowest BCUT2D eigenvalue weighted by molar-refractivity contribution is 0.636. The molecule has 2 aromatic rings. The number of aryl methyl sites for hydroxylation is 2. The molecular weight excluding hydrogens is 203 g/mol. The maximum Gasteiger partial charge on any atom is 0.194 e. The smallest absolute Gasteiger partial charge is 0.194 e. The van der Waals surface area contributed by atoms with E-state index >= 15 is 0 Å². The highest BCUT2D eigenvalue weighted by Crippen LogP contribution is 2.28. The molecule has 74 valence electrons. The third-order valence-corrected chi connectivity index (χ3v) is 2.76. The molecule has 0 unspecified atom stereocenters. The normalized spacial score (nSPS) is 10.8. The Morgan fingerprint density at radius 2 is 2.14 bits per heavy atom. The van der Waals surface area contributed by atoms with Gasteiger partial charge in [-0.1, -0.05) is 0 Å². The van der Waals surface area contributed by atoms with Crippen molar-refractivity contribution in [2.75, 3.05) is 5.73 Å². The Hall–Kier alpha value is -1.43. The number of nitrogens with two attached hydrogens (primary N) is 1. The van der Waals surface area contributed by atoms with Crippen LogP contribution >= 0.6 is 11.3 Å². The van der Waals surface area contributed by atoms with Gasteiger partial charge in [-0.05, 0) is 13.8 Å². The molecular formula is C8H9FN4S. The highest BCUT2D eigenvalue weighted by molar-refractivity contribution is 7.11. The van der Waals surface area contributed by atoms with Crippen LogP contribution in [0.3, 0.4) is 0 Å². The molecule has 0 atom stereocenters. The summed E-state index contributed by atoms with van der Waals surface area (Å²) in [5.74, 6) is -0.650. The first kappa shape index (κ1) is 9.14. The quantitative estimate of drug-likeness (QED) is 0.758. The molecule has 14 heavy (non-hydrogen) atoms. The van der Waals surface area contributed by atoms with Gasteiger partial charge in [-0.15, -0.1) is 11.3 Å². The summed E-state index contributed by atoms with van der Waals surface area (Å²) in [7, 11) is 0. The van der Waals surface area contributed by atoms with E-state index < -0.39 is 5.82 Å². The Balaban J connectivity index is 2.59. The first-order chi connectivity index (χ1) is 6.59. The van der Waals surface area contributed by atoms with Gasteiger partial charge >= 0.3 is 0 Å². The average molecular weight is 212 g/mol. The molecule has 0 aliphatic heterocycles. The second-order valence-corrected chi connectivity index (χ2v) is 4.34. The van der Waals surface area contributed by atoms with Crippen molar-refractivity contribution in [3.05, 3.63) is 15.7 Å². The van der Waals surface area contributed by atoms with E-state index in [1.54, 1.807) is 0 Å². The SMILES string of the molecule is Cc1nc(-c2[nH]nc(N)c2F)c(C)s1. The van der Waals surface area contributed by atoms with Crippen LogP contribution in [-0.2, 0) is 0 Å².